The van der Waals surface area contributed by atoms with E-state index in [9.17, 15) is 9.90 Å². The van der Waals surface area contributed by atoms with Crippen LogP contribution in [-0.2, 0) is 11.2 Å². The third kappa shape index (κ3) is 2.96. The SMILES string of the molecule is CCc1c(C)nc2ccccc2c1N1CCN(C(=O)C(C)O)CC1. The highest BCUT2D eigenvalue weighted by Gasteiger charge is 2.26. The van der Waals surface area contributed by atoms with Gasteiger partial charge in [0.1, 0.15) is 6.10 Å². The normalized spacial score (nSPS) is 16.5. The van der Waals surface area contributed by atoms with Gasteiger partial charge in [0.15, 0.2) is 0 Å². The molecule has 0 spiro atoms. The highest BCUT2D eigenvalue weighted by Crippen LogP contribution is 2.32. The zero-order valence-electron chi connectivity index (χ0n) is 14.6. The molecule has 128 valence electrons. The molecule has 5 nitrogen and oxygen atoms in total. The molecule has 0 bridgehead atoms. The summed E-state index contributed by atoms with van der Waals surface area (Å²) in [6.07, 6.45) is 0.0120. The number of anilines is 1. The van der Waals surface area contributed by atoms with Crippen molar-refractivity contribution in [2.75, 3.05) is 31.1 Å². The van der Waals surface area contributed by atoms with Crippen molar-refractivity contribution < 1.29 is 9.90 Å². The van der Waals surface area contributed by atoms with Crippen molar-refractivity contribution in [2.45, 2.75) is 33.3 Å². The Kier molecular flexibility index (Phi) is 4.71. The molecule has 1 amide bonds. The van der Waals surface area contributed by atoms with Crippen LogP contribution in [0.25, 0.3) is 10.9 Å². The van der Waals surface area contributed by atoms with Gasteiger partial charge in [-0.25, -0.2) is 0 Å². The van der Waals surface area contributed by atoms with Gasteiger partial charge in [-0.2, -0.15) is 0 Å². The quantitative estimate of drug-likeness (QED) is 0.938. The number of piperazine rings is 1. The van der Waals surface area contributed by atoms with Gasteiger partial charge in [-0.15, -0.1) is 0 Å². The van der Waals surface area contributed by atoms with E-state index in [1.807, 2.05) is 6.07 Å². The van der Waals surface area contributed by atoms with E-state index in [0.29, 0.717) is 13.1 Å². The third-order valence-electron chi connectivity index (χ3n) is 4.79. The van der Waals surface area contributed by atoms with Crippen LogP contribution in [0.4, 0.5) is 5.69 Å². The maximum absolute atomic E-state index is 12.0. The zero-order chi connectivity index (χ0) is 17.3. The number of aliphatic hydroxyl groups excluding tert-OH is 1. The van der Waals surface area contributed by atoms with Crippen LogP contribution in [0.5, 0.6) is 0 Å². The minimum Gasteiger partial charge on any atom is -0.384 e. The van der Waals surface area contributed by atoms with Gasteiger partial charge in [0.2, 0.25) is 0 Å². The number of para-hydroxylation sites is 1. The first-order valence-electron chi connectivity index (χ1n) is 8.63. The summed E-state index contributed by atoms with van der Waals surface area (Å²) in [4.78, 5) is 20.8. The van der Waals surface area contributed by atoms with Crippen molar-refractivity contribution in [3.05, 3.63) is 35.5 Å². The Morgan fingerprint density at radius 3 is 2.54 bits per heavy atom. The molecular weight excluding hydrogens is 302 g/mol. The standard InChI is InChI=1S/C19H25N3O2/c1-4-15-13(2)20-17-8-6-5-7-16(17)18(15)21-9-11-22(12-10-21)19(24)14(3)23/h5-8,14,23H,4,9-12H2,1-3H3. The van der Waals surface area contributed by atoms with Gasteiger partial charge in [0.05, 0.1) is 11.2 Å². The lowest BCUT2D eigenvalue weighted by Crippen LogP contribution is -2.51. The minimum atomic E-state index is -0.924. The number of hydrogen-bond donors (Lipinski definition) is 1. The van der Waals surface area contributed by atoms with Crippen molar-refractivity contribution in [3.8, 4) is 0 Å². The third-order valence-corrected chi connectivity index (χ3v) is 4.79. The molecule has 1 aliphatic heterocycles. The summed E-state index contributed by atoms with van der Waals surface area (Å²) in [6, 6.07) is 8.25. The Labute approximate surface area is 142 Å². The molecule has 1 fully saturated rings. The number of pyridine rings is 1. The van der Waals surface area contributed by atoms with Crippen LogP contribution in [-0.4, -0.2) is 53.2 Å². The highest BCUT2D eigenvalue weighted by atomic mass is 16.3. The van der Waals surface area contributed by atoms with Gasteiger partial charge in [-0.05, 0) is 31.9 Å². The first-order valence-corrected chi connectivity index (χ1v) is 8.63. The van der Waals surface area contributed by atoms with Crippen LogP contribution in [0, 0.1) is 6.92 Å². The predicted octanol–water partition coefficient (Wildman–Crippen LogP) is 2.14. The average molecular weight is 327 g/mol. The van der Waals surface area contributed by atoms with Gasteiger partial charge >= 0.3 is 0 Å². The maximum atomic E-state index is 12.0. The number of carbonyl (C=O) groups is 1. The van der Waals surface area contributed by atoms with Gasteiger partial charge in [-0.1, -0.05) is 25.1 Å². The molecule has 1 aliphatic rings. The largest absolute Gasteiger partial charge is 0.384 e. The number of aromatic nitrogens is 1. The number of aliphatic hydroxyl groups is 1. The molecule has 3 rings (SSSR count). The molecule has 5 heteroatoms. The number of aryl methyl sites for hydroxylation is 1. The van der Waals surface area contributed by atoms with E-state index in [1.165, 1.54) is 23.6 Å². The van der Waals surface area contributed by atoms with Crippen LogP contribution >= 0.6 is 0 Å². The van der Waals surface area contributed by atoms with E-state index in [2.05, 4.69) is 36.9 Å². The van der Waals surface area contributed by atoms with E-state index < -0.39 is 6.10 Å². The molecule has 0 aliphatic carbocycles. The zero-order valence-corrected chi connectivity index (χ0v) is 14.6. The Hall–Kier alpha value is -2.14. The predicted molar refractivity (Wildman–Crippen MR) is 96.3 cm³/mol. The van der Waals surface area contributed by atoms with Gasteiger partial charge in [0, 0.05) is 37.3 Å². The molecule has 2 heterocycles. The topological polar surface area (TPSA) is 56.7 Å². The first-order chi connectivity index (χ1) is 11.5. The summed E-state index contributed by atoms with van der Waals surface area (Å²) in [7, 11) is 0. The summed E-state index contributed by atoms with van der Waals surface area (Å²) in [5.74, 6) is -0.180. The lowest BCUT2D eigenvalue weighted by Gasteiger charge is -2.38. The summed E-state index contributed by atoms with van der Waals surface area (Å²) in [6.45, 7) is 8.60. The fourth-order valence-corrected chi connectivity index (χ4v) is 3.55. The molecule has 1 aromatic heterocycles. The Morgan fingerprint density at radius 1 is 1.25 bits per heavy atom. The van der Waals surface area contributed by atoms with E-state index >= 15 is 0 Å². The highest BCUT2D eigenvalue weighted by molar-refractivity contribution is 5.94. The fraction of sp³-hybridized carbons (Fsp3) is 0.474. The lowest BCUT2D eigenvalue weighted by atomic mass is 10.0. The van der Waals surface area contributed by atoms with Gasteiger partial charge < -0.3 is 14.9 Å². The second-order valence-corrected chi connectivity index (χ2v) is 6.38. The van der Waals surface area contributed by atoms with Gasteiger partial charge in [-0.3, -0.25) is 9.78 Å². The molecule has 2 aromatic rings. The lowest BCUT2D eigenvalue weighted by molar-refractivity contribution is -0.139. The van der Waals surface area contributed by atoms with E-state index in [0.717, 1.165) is 30.7 Å². The van der Waals surface area contributed by atoms with Crippen LogP contribution in [0.3, 0.4) is 0 Å². The summed E-state index contributed by atoms with van der Waals surface area (Å²) in [5.41, 5.74) is 4.63. The van der Waals surface area contributed by atoms with Crippen LogP contribution in [0.1, 0.15) is 25.1 Å². The van der Waals surface area contributed by atoms with Crippen molar-refractivity contribution in [1.29, 1.82) is 0 Å². The molecule has 1 N–H and O–H groups in total. The Bertz CT molecular complexity index is 750. The summed E-state index contributed by atoms with van der Waals surface area (Å²) < 4.78 is 0. The molecular formula is C19H25N3O2. The molecule has 1 atom stereocenters. The molecule has 1 unspecified atom stereocenters. The fourth-order valence-electron chi connectivity index (χ4n) is 3.55. The van der Waals surface area contributed by atoms with E-state index in [1.54, 1.807) is 4.90 Å². The molecule has 24 heavy (non-hydrogen) atoms. The Morgan fingerprint density at radius 2 is 1.92 bits per heavy atom. The molecule has 0 radical (unpaired) electrons. The monoisotopic (exact) mass is 327 g/mol. The van der Waals surface area contributed by atoms with E-state index in [-0.39, 0.29) is 5.91 Å². The number of carbonyl (C=O) groups excluding carboxylic acids is 1. The van der Waals surface area contributed by atoms with Crippen molar-refractivity contribution >= 4 is 22.5 Å². The molecule has 1 saturated heterocycles. The number of benzene rings is 1. The summed E-state index contributed by atoms with van der Waals surface area (Å²) in [5, 5.41) is 10.7. The number of rotatable bonds is 3. The minimum absolute atomic E-state index is 0.180. The summed E-state index contributed by atoms with van der Waals surface area (Å²) >= 11 is 0. The maximum Gasteiger partial charge on any atom is 0.251 e. The number of hydrogen-bond acceptors (Lipinski definition) is 4. The number of fused-ring (bicyclic) bond motifs is 1. The smallest absolute Gasteiger partial charge is 0.251 e. The molecule has 0 saturated carbocycles. The van der Waals surface area contributed by atoms with Crippen molar-refractivity contribution in [2.24, 2.45) is 0 Å². The second kappa shape index (κ2) is 6.77. The van der Waals surface area contributed by atoms with Crippen LogP contribution < -0.4 is 4.90 Å². The van der Waals surface area contributed by atoms with Crippen molar-refractivity contribution in [1.82, 2.24) is 9.88 Å². The first kappa shape index (κ1) is 16.7. The van der Waals surface area contributed by atoms with Crippen LogP contribution in [0.2, 0.25) is 0 Å². The van der Waals surface area contributed by atoms with Crippen LogP contribution in [0.15, 0.2) is 24.3 Å². The second-order valence-electron chi connectivity index (χ2n) is 6.38. The number of amides is 1. The Balaban J connectivity index is 1.94. The van der Waals surface area contributed by atoms with E-state index in [4.69, 9.17) is 4.98 Å². The number of nitrogens with zero attached hydrogens (tertiary/aromatic N) is 3. The van der Waals surface area contributed by atoms with Gasteiger partial charge in [0.25, 0.3) is 5.91 Å². The molecule has 1 aromatic carbocycles. The van der Waals surface area contributed by atoms with Crippen molar-refractivity contribution in [3.63, 3.8) is 0 Å². The average Bonchev–Trinajstić information content (AvgIpc) is 2.60.